The predicted octanol–water partition coefficient (Wildman–Crippen LogP) is 1.93. The minimum atomic E-state index is -4.16. The Kier molecular flexibility index (Phi) is 5.50. The molecule has 1 saturated heterocycles. The van der Waals surface area contributed by atoms with Crippen LogP contribution in [0.3, 0.4) is 0 Å². The zero-order valence-corrected chi connectivity index (χ0v) is 17.2. The van der Waals surface area contributed by atoms with Crippen LogP contribution in [0, 0.1) is 0 Å². The Bertz CT molecular complexity index is 1040. The van der Waals surface area contributed by atoms with Gasteiger partial charge in [0, 0.05) is 24.7 Å². The van der Waals surface area contributed by atoms with E-state index in [4.69, 9.17) is 4.74 Å². The van der Waals surface area contributed by atoms with Gasteiger partial charge in [-0.05, 0) is 32.9 Å². The lowest BCUT2D eigenvalue weighted by Gasteiger charge is -2.38. The van der Waals surface area contributed by atoms with Gasteiger partial charge in [-0.1, -0.05) is 18.2 Å². The first-order valence-corrected chi connectivity index (χ1v) is 10.5. The normalized spacial score (nSPS) is 18.6. The van der Waals surface area contributed by atoms with E-state index in [1.54, 1.807) is 45.0 Å². The number of hydrogen-bond donors (Lipinski definition) is 1. The van der Waals surface area contributed by atoms with E-state index < -0.39 is 33.7 Å². The first-order chi connectivity index (χ1) is 13.5. The number of carbonyl (C=O) groups is 2. The Morgan fingerprint density at radius 1 is 1.17 bits per heavy atom. The number of carboxylic acids is 1. The van der Waals surface area contributed by atoms with Crippen LogP contribution in [0.1, 0.15) is 20.8 Å². The van der Waals surface area contributed by atoms with Crippen molar-refractivity contribution >= 4 is 33.0 Å². The molecule has 2 aromatic rings. The van der Waals surface area contributed by atoms with E-state index in [9.17, 15) is 23.1 Å². The predicted molar refractivity (Wildman–Crippen MR) is 105 cm³/mol. The van der Waals surface area contributed by atoms with Crippen LogP contribution >= 0.6 is 0 Å². The molecule has 0 spiro atoms. The largest absolute Gasteiger partial charge is 0.480 e. The van der Waals surface area contributed by atoms with Crippen molar-refractivity contribution in [2.45, 2.75) is 37.3 Å². The first kappa shape index (κ1) is 21.0. The second-order valence-corrected chi connectivity index (χ2v) is 9.59. The Balaban J connectivity index is 1.93. The van der Waals surface area contributed by atoms with Crippen LogP contribution < -0.4 is 0 Å². The van der Waals surface area contributed by atoms with Crippen LogP contribution in [0.4, 0.5) is 4.79 Å². The van der Waals surface area contributed by atoms with E-state index >= 15 is 0 Å². The van der Waals surface area contributed by atoms with Crippen molar-refractivity contribution in [1.29, 1.82) is 0 Å². The Labute approximate surface area is 168 Å². The fourth-order valence-corrected chi connectivity index (χ4v) is 4.89. The van der Waals surface area contributed by atoms with E-state index in [-0.39, 0.29) is 30.0 Å². The highest BCUT2D eigenvalue weighted by Crippen LogP contribution is 2.27. The maximum absolute atomic E-state index is 13.3. The summed E-state index contributed by atoms with van der Waals surface area (Å²) >= 11 is 0. The van der Waals surface area contributed by atoms with E-state index in [1.165, 1.54) is 17.2 Å². The summed E-state index contributed by atoms with van der Waals surface area (Å²) in [6.07, 6.45) is 0.809. The van der Waals surface area contributed by atoms with Crippen molar-refractivity contribution in [3.63, 3.8) is 0 Å². The highest BCUT2D eigenvalue weighted by atomic mass is 32.2. The average Bonchev–Trinajstić information content (AvgIpc) is 2.65. The van der Waals surface area contributed by atoms with Gasteiger partial charge in [0.2, 0.25) is 10.0 Å². The smallest absolute Gasteiger partial charge is 0.410 e. The van der Waals surface area contributed by atoms with E-state index in [0.29, 0.717) is 5.39 Å². The second-order valence-electron chi connectivity index (χ2n) is 7.73. The van der Waals surface area contributed by atoms with E-state index in [1.807, 2.05) is 0 Å². The molecule has 1 N–H and O–H groups in total. The maximum Gasteiger partial charge on any atom is 0.410 e. The molecule has 2 heterocycles. The summed E-state index contributed by atoms with van der Waals surface area (Å²) in [4.78, 5) is 29.5. The number of hydrogen-bond acceptors (Lipinski definition) is 6. The summed E-state index contributed by atoms with van der Waals surface area (Å²) in [6.45, 7) is 4.66. The quantitative estimate of drug-likeness (QED) is 0.805. The number of nitrogens with zero attached hydrogens (tertiary/aromatic N) is 3. The monoisotopic (exact) mass is 421 g/mol. The molecule has 0 unspecified atom stereocenters. The van der Waals surface area contributed by atoms with Crippen LogP contribution in [0.2, 0.25) is 0 Å². The number of fused-ring (bicyclic) bond motifs is 1. The van der Waals surface area contributed by atoms with Crippen LogP contribution in [-0.4, -0.2) is 71.1 Å². The molecule has 156 valence electrons. The zero-order valence-electron chi connectivity index (χ0n) is 16.4. The van der Waals surface area contributed by atoms with Crippen molar-refractivity contribution in [1.82, 2.24) is 14.2 Å². The van der Waals surface area contributed by atoms with Crippen LogP contribution in [0.15, 0.2) is 41.4 Å². The number of piperazine rings is 1. The van der Waals surface area contributed by atoms with Crippen LogP contribution in [-0.2, 0) is 19.6 Å². The Morgan fingerprint density at radius 2 is 1.86 bits per heavy atom. The highest BCUT2D eigenvalue weighted by Gasteiger charge is 2.42. The zero-order chi connectivity index (χ0) is 21.4. The Morgan fingerprint density at radius 3 is 2.52 bits per heavy atom. The number of para-hydroxylation sites is 1. The molecular formula is C19H23N3O6S. The van der Waals surface area contributed by atoms with Gasteiger partial charge in [-0.3, -0.25) is 9.78 Å². The number of rotatable bonds is 3. The average molecular weight is 421 g/mol. The molecule has 1 amide bonds. The summed E-state index contributed by atoms with van der Waals surface area (Å²) in [6, 6.07) is 6.72. The number of benzene rings is 1. The number of pyridine rings is 1. The number of aromatic nitrogens is 1. The Hall–Kier alpha value is -2.72. The van der Waals surface area contributed by atoms with Crippen molar-refractivity contribution in [3.05, 3.63) is 36.5 Å². The summed E-state index contributed by atoms with van der Waals surface area (Å²) < 4.78 is 32.8. The first-order valence-electron chi connectivity index (χ1n) is 9.07. The lowest BCUT2D eigenvalue weighted by Crippen LogP contribution is -2.59. The van der Waals surface area contributed by atoms with Crippen LogP contribution in [0.5, 0.6) is 0 Å². The third kappa shape index (κ3) is 4.33. The molecule has 1 aliphatic heterocycles. The standard InChI is InChI=1S/C19H23N3O6S/c1-19(2,3)28-18(25)21-10-11-22(14(12-21)17(23)24)29(26,27)15-8-4-6-13-7-5-9-20-16(13)15/h4-9,14H,10-12H2,1-3H3,(H,23,24)/t14-/m0/s1. The molecule has 1 atom stereocenters. The molecule has 0 saturated carbocycles. The molecular weight excluding hydrogens is 398 g/mol. The van der Waals surface area contributed by atoms with Crippen molar-refractivity contribution in [2.75, 3.05) is 19.6 Å². The summed E-state index contributed by atoms with van der Waals surface area (Å²) in [7, 11) is -4.16. The molecule has 0 bridgehead atoms. The topological polar surface area (TPSA) is 117 Å². The molecule has 10 heteroatoms. The molecule has 29 heavy (non-hydrogen) atoms. The van der Waals surface area contributed by atoms with Crippen molar-refractivity contribution < 1.29 is 27.9 Å². The third-order valence-corrected chi connectivity index (χ3v) is 6.39. The van der Waals surface area contributed by atoms with Gasteiger partial charge >= 0.3 is 12.1 Å². The molecule has 1 aromatic carbocycles. The molecule has 1 aliphatic rings. The van der Waals surface area contributed by atoms with Gasteiger partial charge in [0.15, 0.2) is 0 Å². The number of amides is 1. The number of aliphatic carboxylic acids is 1. The highest BCUT2D eigenvalue weighted by molar-refractivity contribution is 7.89. The lowest BCUT2D eigenvalue weighted by molar-refractivity contribution is -0.143. The summed E-state index contributed by atoms with van der Waals surface area (Å²) in [5.41, 5.74) is -0.470. The molecule has 0 radical (unpaired) electrons. The second kappa shape index (κ2) is 7.60. The van der Waals surface area contributed by atoms with Gasteiger partial charge < -0.3 is 14.7 Å². The number of sulfonamides is 1. The lowest BCUT2D eigenvalue weighted by atomic mass is 10.2. The third-order valence-electron chi connectivity index (χ3n) is 4.45. The van der Waals surface area contributed by atoms with Crippen molar-refractivity contribution in [2.24, 2.45) is 0 Å². The van der Waals surface area contributed by atoms with Gasteiger partial charge in [0.1, 0.15) is 16.5 Å². The SMILES string of the molecule is CC(C)(C)OC(=O)N1CCN(S(=O)(=O)c2cccc3cccnc23)[C@H](C(=O)O)C1. The molecule has 1 aromatic heterocycles. The minimum Gasteiger partial charge on any atom is -0.480 e. The van der Waals surface area contributed by atoms with Gasteiger partial charge in [0.25, 0.3) is 0 Å². The van der Waals surface area contributed by atoms with Gasteiger partial charge in [-0.25, -0.2) is 13.2 Å². The number of ether oxygens (including phenoxy) is 1. The molecule has 3 rings (SSSR count). The number of carbonyl (C=O) groups excluding carboxylic acids is 1. The molecule has 1 fully saturated rings. The van der Waals surface area contributed by atoms with Gasteiger partial charge in [-0.2, -0.15) is 4.31 Å². The van der Waals surface area contributed by atoms with Gasteiger partial charge in [0.05, 0.1) is 12.1 Å². The summed E-state index contributed by atoms with van der Waals surface area (Å²) in [5, 5.41) is 10.3. The van der Waals surface area contributed by atoms with Crippen molar-refractivity contribution in [3.8, 4) is 0 Å². The minimum absolute atomic E-state index is 0.0239. The fourth-order valence-electron chi connectivity index (χ4n) is 3.16. The molecule has 0 aliphatic carbocycles. The van der Waals surface area contributed by atoms with Crippen LogP contribution in [0.25, 0.3) is 10.9 Å². The van der Waals surface area contributed by atoms with Gasteiger partial charge in [-0.15, -0.1) is 0 Å². The number of carboxylic acid groups (broad SMARTS) is 1. The summed E-state index contributed by atoms with van der Waals surface area (Å²) in [5.74, 6) is -1.34. The van der Waals surface area contributed by atoms with E-state index in [0.717, 1.165) is 4.31 Å². The molecule has 9 nitrogen and oxygen atoms in total. The van der Waals surface area contributed by atoms with E-state index in [2.05, 4.69) is 4.98 Å². The fraction of sp³-hybridized carbons (Fsp3) is 0.421. The maximum atomic E-state index is 13.3.